The summed E-state index contributed by atoms with van der Waals surface area (Å²) in [6.45, 7) is 7.61. The fraction of sp³-hybridized carbons (Fsp3) is 0.692. The number of rotatable bonds is 3. The second-order valence-electron chi connectivity index (χ2n) is 5.75. The molecular weight excluding hydrogens is 216 g/mol. The number of aromatic amines is 1. The number of nitrogens with zero attached hydrogens (tertiary/aromatic N) is 1. The Morgan fingerprint density at radius 2 is 2.12 bits per heavy atom. The minimum absolute atomic E-state index is 0.177. The number of ether oxygens (including phenoxy) is 1. The van der Waals surface area contributed by atoms with Crippen LogP contribution >= 0.6 is 0 Å². The molecule has 0 aromatic carbocycles. The molecule has 0 unspecified atom stereocenters. The summed E-state index contributed by atoms with van der Waals surface area (Å²) >= 11 is 0. The molecule has 1 aliphatic carbocycles. The molecule has 17 heavy (non-hydrogen) atoms. The van der Waals surface area contributed by atoms with E-state index in [1.165, 1.54) is 12.8 Å². The average Bonchev–Trinajstić information content (AvgIpc) is 2.92. The number of aryl methyl sites for hydroxylation is 1. The smallest absolute Gasteiger partial charge is 0.310 e. The normalized spacial score (nSPS) is 16.0. The van der Waals surface area contributed by atoms with Gasteiger partial charge in [-0.3, -0.25) is 9.89 Å². The first kappa shape index (κ1) is 12.1. The molecule has 1 aromatic rings. The number of esters is 1. The van der Waals surface area contributed by atoms with E-state index < -0.39 is 5.60 Å². The fourth-order valence-corrected chi connectivity index (χ4v) is 1.91. The summed E-state index contributed by atoms with van der Waals surface area (Å²) < 4.78 is 5.34. The van der Waals surface area contributed by atoms with Crippen molar-refractivity contribution in [3.05, 3.63) is 17.0 Å². The van der Waals surface area contributed by atoms with E-state index in [1.54, 1.807) is 0 Å². The quantitative estimate of drug-likeness (QED) is 0.820. The third kappa shape index (κ3) is 3.08. The zero-order chi connectivity index (χ0) is 12.6. The molecule has 4 heteroatoms. The van der Waals surface area contributed by atoms with Gasteiger partial charge < -0.3 is 4.74 Å². The van der Waals surface area contributed by atoms with Gasteiger partial charge in [-0.15, -0.1) is 0 Å². The van der Waals surface area contributed by atoms with Gasteiger partial charge >= 0.3 is 5.97 Å². The van der Waals surface area contributed by atoms with Gasteiger partial charge in [0, 0.05) is 17.2 Å². The van der Waals surface area contributed by atoms with E-state index >= 15 is 0 Å². The van der Waals surface area contributed by atoms with Crippen LogP contribution in [0.25, 0.3) is 0 Å². The summed E-state index contributed by atoms with van der Waals surface area (Å²) in [4.78, 5) is 11.8. The van der Waals surface area contributed by atoms with Gasteiger partial charge in [-0.05, 0) is 40.5 Å². The van der Waals surface area contributed by atoms with Crippen molar-refractivity contribution in [3.63, 3.8) is 0 Å². The molecular formula is C13H20N2O2. The topological polar surface area (TPSA) is 55.0 Å². The van der Waals surface area contributed by atoms with Gasteiger partial charge in [0.15, 0.2) is 0 Å². The summed E-state index contributed by atoms with van der Waals surface area (Å²) in [6.07, 6.45) is 2.70. The molecule has 2 rings (SSSR count). The van der Waals surface area contributed by atoms with Crippen LogP contribution in [0.5, 0.6) is 0 Å². The summed E-state index contributed by atoms with van der Waals surface area (Å²) in [7, 11) is 0. The highest BCUT2D eigenvalue weighted by Gasteiger charge is 2.30. The van der Waals surface area contributed by atoms with Crippen LogP contribution < -0.4 is 0 Å². The monoisotopic (exact) mass is 236 g/mol. The molecule has 1 N–H and O–H groups in total. The van der Waals surface area contributed by atoms with Crippen LogP contribution in [0.15, 0.2) is 0 Å². The van der Waals surface area contributed by atoms with E-state index in [-0.39, 0.29) is 5.97 Å². The predicted octanol–water partition coefficient (Wildman–Crippen LogP) is 2.48. The van der Waals surface area contributed by atoms with Crippen molar-refractivity contribution in [2.24, 2.45) is 0 Å². The van der Waals surface area contributed by atoms with Gasteiger partial charge in [-0.2, -0.15) is 5.10 Å². The van der Waals surface area contributed by atoms with Crippen molar-refractivity contribution in [3.8, 4) is 0 Å². The lowest BCUT2D eigenvalue weighted by molar-refractivity contribution is -0.153. The van der Waals surface area contributed by atoms with Gasteiger partial charge in [0.25, 0.3) is 0 Å². The Morgan fingerprint density at radius 3 is 2.65 bits per heavy atom. The maximum Gasteiger partial charge on any atom is 0.310 e. The van der Waals surface area contributed by atoms with Crippen molar-refractivity contribution in [2.75, 3.05) is 0 Å². The van der Waals surface area contributed by atoms with Crippen molar-refractivity contribution < 1.29 is 9.53 Å². The van der Waals surface area contributed by atoms with Gasteiger partial charge in [-0.1, -0.05) is 0 Å². The van der Waals surface area contributed by atoms with Crippen molar-refractivity contribution in [2.45, 2.75) is 58.5 Å². The summed E-state index contributed by atoms with van der Waals surface area (Å²) in [5, 5.41) is 7.26. The maximum atomic E-state index is 11.8. The molecule has 0 amide bonds. The number of nitrogens with one attached hydrogen (secondary N) is 1. The summed E-state index contributed by atoms with van der Waals surface area (Å²) in [5.41, 5.74) is 2.65. The number of hydrogen-bond donors (Lipinski definition) is 1. The number of H-pyrrole nitrogens is 1. The van der Waals surface area contributed by atoms with Crippen molar-refractivity contribution >= 4 is 5.97 Å². The maximum absolute atomic E-state index is 11.8. The second-order valence-corrected chi connectivity index (χ2v) is 5.75. The van der Waals surface area contributed by atoms with Crippen LogP contribution in [-0.4, -0.2) is 21.8 Å². The van der Waals surface area contributed by atoms with Gasteiger partial charge in [-0.25, -0.2) is 0 Å². The zero-order valence-corrected chi connectivity index (χ0v) is 11.0. The number of aromatic nitrogens is 2. The summed E-state index contributed by atoms with van der Waals surface area (Å²) in [6, 6.07) is 0. The van der Waals surface area contributed by atoms with Crippen LogP contribution in [-0.2, 0) is 16.0 Å². The molecule has 0 atom stereocenters. The molecule has 1 saturated carbocycles. The Morgan fingerprint density at radius 1 is 1.47 bits per heavy atom. The van der Waals surface area contributed by atoms with E-state index in [4.69, 9.17) is 4.74 Å². The molecule has 4 nitrogen and oxygen atoms in total. The molecule has 0 saturated heterocycles. The van der Waals surface area contributed by atoms with Crippen LogP contribution in [0.2, 0.25) is 0 Å². The van der Waals surface area contributed by atoms with Crippen LogP contribution in [0.1, 0.15) is 56.5 Å². The highest BCUT2D eigenvalue weighted by atomic mass is 16.6. The molecule has 94 valence electrons. The fourth-order valence-electron chi connectivity index (χ4n) is 1.91. The molecule has 1 fully saturated rings. The number of carbonyl (C=O) groups excluding carboxylic acids is 1. The SMILES string of the molecule is Cc1[nH]nc(C2CC2)c1CC(=O)OC(C)(C)C. The zero-order valence-electron chi connectivity index (χ0n) is 11.0. The Balaban J connectivity index is 2.07. The molecule has 1 aliphatic rings. The first-order valence-corrected chi connectivity index (χ1v) is 6.12. The highest BCUT2D eigenvalue weighted by Crippen LogP contribution is 2.41. The van der Waals surface area contributed by atoms with Crippen LogP contribution in [0, 0.1) is 6.92 Å². The number of hydrogen-bond acceptors (Lipinski definition) is 3. The van der Waals surface area contributed by atoms with Gasteiger partial charge in [0.1, 0.15) is 5.60 Å². The third-order valence-corrected chi connectivity index (χ3v) is 2.81. The van der Waals surface area contributed by atoms with Crippen LogP contribution in [0.3, 0.4) is 0 Å². The van der Waals surface area contributed by atoms with E-state index in [0.29, 0.717) is 12.3 Å². The predicted molar refractivity (Wildman–Crippen MR) is 64.8 cm³/mol. The standard InChI is InChI=1S/C13H20N2O2/c1-8-10(7-11(16)17-13(2,3)4)12(15-14-8)9-5-6-9/h9H,5-7H2,1-4H3,(H,14,15). The van der Waals surface area contributed by atoms with Gasteiger partial charge in [0.2, 0.25) is 0 Å². The molecule has 1 heterocycles. The first-order valence-electron chi connectivity index (χ1n) is 6.12. The third-order valence-electron chi connectivity index (χ3n) is 2.81. The minimum Gasteiger partial charge on any atom is -0.460 e. The lowest BCUT2D eigenvalue weighted by atomic mass is 10.1. The highest BCUT2D eigenvalue weighted by molar-refractivity contribution is 5.73. The first-order chi connectivity index (χ1) is 7.87. The van der Waals surface area contributed by atoms with E-state index in [0.717, 1.165) is 17.0 Å². The Hall–Kier alpha value is -1.32. The van der Waals surface area contributed by atoms with Crippen molar-refractivity contribution in [1.29, 1.82) is 0 Å². The lowest BCUT2D eigenvalue weighted by Crippen LogP contribution is -2.25. The second kappa shape index (κ2) is 4.17. The lowest BCUT2D eigenvalue weighted by Gasteiger charge is -2.19. The average molecular weight is 236 g/mol. The van der Waals surface area contributed by atoms with Crippen molar-refractivity contribution in [1.82, 2.24) is 10.2 Å². The largest absolute Gasteiger partial charge is 0.460 e. The minimum atomic E-state index is -0.422. The van der Waals surface area contributed by atoms with E-state index in [1.807, 2.05) is 27.7 Å². The molecule has 0 radical (unpaired) electrons. The molecule has 0 spiro atoms. The van der Waals surface area contributed by atoms with Crippen LogP contribution in [0.4, 0.5) is 0 Å². The number of carbonyl (C=O) groups is 1. The van der Waals surface area contributed by atoms with E-state index in [2.05, 4.69) is 10.2 Å². The summed E-state index contributed by atoms with van der Waals surface area (Å²) in [5.74, 6) is 0.376. The Kier molecular flexibility index (Phi) is 2.98. The molecule has 0 bridgehead atoms. The van der Waals surface area contributed by atoms with Gasteiger partial charge in [0.05, 0.1) is 12.1 Å². The molecule has 1 aromatic heterocycles. The Bertz CT molecular complexity index is 425. The Labute approximate surface area is 102 Å². The molecule has 0 aliphatic heterocycles. The van der Waals surface area contributed by atoms with E-state index in [9.17, 15) is 4.79 Å².